The van der Waals surface area contributed by atoms with Crippen LogP contribution in [0.2, 0.25) is 0 Å². The third-order valence-corrected chi connectivity index (χ3v) is 5.03. The van der Waals surface area contributed by atoms with Gasteiger partial charge in [0.15, 0.2) is 0 Å². The van der Waals surface area contributed by atoms with Crippen molar-refractivity contribution in [1.29, 1.82) is 0 Å². The maximum Gasteiger partial charge on any atom is 0.119 e. The van der Waals surface area contributed by atoms with E-state index < -0.39 is 0 Å². The Balaban J connectivity index is 1.82. The number of rotatable bonds is 4. The Morgan fingerprint density at radius 2 is 2.26 bits per heavy atom. The number of nitrogens with two attached hydrogens (primary N) is 1. The predicted molar refractivity (Wildman–Crippen MR) is 79.8 cm³/mol. The summed E-state index contributed by atoms with van der Waals surface area (Å²) in [7, 11) is 1.71. The van der Waals surface area contributed by atoms with Crippen LogP contribution in [0, 0.1) is 0 Å². The number of methoxy groups -OCH3 is 1. The molecule has 0 saturated heterocycles. The molecule has 1 aliphatic carbocycles. The van der Waals surface area contributed by atoms with Crippen molar-refractivity contribution in [2.75, 3.05) is 7.11 Å². The fourth-order valence-electron chi connectivity index (χ4n) is 2.92. The van der Waals surface area contributed by atoms with Crippen molar-refractivity contribution in [3.8, 4) is 5.75 Å². The minimum absolute atomic E-state index is 0.187. The molecule has 0 saturated carbocycles. The molecule has 2 aromatic rings. The number of fused-ring (bicyclic) bond motifs is 1. The number of thiophene rings is 1. The van der Waals surface area contributed by atoms with Gasteiger partial charge in [-0.15, -0.1) is 11.3 Å². The highest BCUT2D eigenvalue weighted by atomic mass is 32.1. The highest BCUT2D eigenvalue weighted by Gasteiger charge is 2.34. The summed E-state index contributed by atoms with van der Waals surface area (Å²) < 4.78 is 5.33. The molecule has 1 aromatic heterocycles. The molecule has 3 rings (SSSR count). The normalized spacial score (nSPS) is 21.4. The maximum atomic E-state index is 6.66. The zero-order chi connectivity index (χ0) is 13.3. The van der Waals surface area contributed by atoms with E-state index in [0.717, 1.165) is 31.4 Å². The van der Waals surface area contributed by atoms with Gasteiger partial charge in [0, 0.05) is 10.4 Å². The van der Waals surface area contributed by atoms with E-state index in [2.05, 4.69) is 29.6 Å². The fourth-order valence-corrected chi connectivity index (χ4v) is 3.63. The minimum Gasteiger partial charge on any atom is -0.497 e. The smallest absolute Gasteiger partial charge is 0.119 e. The van der Waals surface area contributed by atoms with Gasteiger partial charge in [-0.3, -0.25) is 0 Å². The molecular weight excluding hydrogens is 254 g/mol. The van der Waals surface area contributed by atoms with Gasteiger partial charge in [-0.05, 0) is 60.4 Å². The molecule has 0 bridgehead atoms. The van der Waals surface area contributed by atoms with Gasteiger partial charge < -0.3 is 10.5 Å². The molecule has 1 heterocycles. The SMILES string of the molecule is COc1ccc2c(c1)C(N)(CCc1cccs1)CC2. The van der Waals surface area contributed by atoms with Crippen molar-refractivity contribution in [1.82, 2.24) is 0 Å². The van der Waals surface area contributed by atoms with Crippen LogP contribution in [-0.2, 0) is 18.4 Å². The van der Waals surface area contributed by atoms with Crippen LogP contribution in [0.25, 0.3) is 0 Å². The Bertz CT molecular complexity index is 564. The first-order valence-corrected chi connectivity index (χ1v) is 7.58. The van der Waals surface area contributed by atoms with Crippen LogP contribution < -0.4 is 10.5 Å². The Kier molecular flexibility index (Phi) is 3.33. The van der Waals surface area contributed by atoms with Gasteiger partial charge in [-0.1, -0.05) is 12.1 Å². The van der Waals surface area contributed by atoms with Gasteiger partial charge in [-0.25, -0.2) is 0 Å². The van der Waals surface area contributed by atoms with Gasteiger partial charge in [0.05, 0.1) is 7.11 Å². The third-order valence-electron chi connectivity index (χ3n) is 4.09. The Hall–Kier alpha value is -1.32. The van der Waals surface area contributed by atoms with E-state index in [1.165, 1.54) is 16.0 Å². The highest BCUT2D eigenvalue weighted by Crippen LogP contribution is 2.40. The van der Waals surface area contributed by atoms with Crippen molar-refractivity contribution in [2.24, 2.45) is 5.73 Å². The molecule has 19 heavy (non-hydrogen) atoms. The number of ether oxygens (including phenoxy) is 1. The molecule has 0 aliphatic heterocycles. The lowest BCUT2D eigenvalue weighted by molar-refractivity contribution is 0.397. The quantitative estimate of drug-likeness (QED) is 0.925. The number of hydrogen-bond acceptors (Lipinski definition) is 3. The number of benzene rings is 1. The lowest BCUT2D eigenvalue weighted by Gasteiger charge is -2.25. The standard InChI is InChI=1S/C16H19NOS/c1-18-13-5-4-12-6-8-16(17,15(12)11-13)9-7-14-3-2-10-19-14/h2-5,10-11H,6-9,17H2,1H3. The molecule has 0 radical (unpaired) electrons. The van der Waals surface area contributed by atoms with E-state index in [1.54, 1.807) is 7.11 Å². The summed E-state index contributed by atoms with van der Waals surface area (Å²) in [6.07, 6.45) is 4.19. The summed E-state index contributed by atoms with van der Waals surface area (Å²) in [5, 5.41) is 2.13. The van der Waals surface area contributed by atoms with Crippen molar-refractivity contribution < 1.29 is 4.74 Å². The van der Waals surface area contributed by atoms with E-state index in [0.29, 0.717) is 0 Å². The lowest BCUT2D eigenvalue weighted by Crippen LogP contribution is -2.34. The van der Waals surface area contributed by atoms with Crippen molar-refractivity contribution >= 4 is 11.3 Å². The van der Waals surface area contributed by atoms with Gasteiger partial charge in [-0.2, -0.15) is 0 Å². The van der Waals surface area contributed by atoms with Crippen LogP contribution in [0.5, 0.6) is 5.75 Å². The van der Waals surface area contributed by atoms with E-state index in [4.69, 9.17) is 10.5 Å². The Labute approximate surface area is 118 Å². The maximum absolute atomic E-state index is 6.66. The zero-order valence-electron chi connectivity index (χ0n) is 11.2. The Morgan fingerprint density at radius 1 is 1.37 bits per heavy atom. The molecule has 1 atom stereocenters. The van der Waals surface area contributed by atoms with Crippen LogP contribution in [0.15, 0.2) is 35.7 Å². The first kappa shape index (κ1) is 12.7. The second-order valence-electron chi connectivity index (χ2n) is 5.26. The lowest BCUT2D eigenvalue weighted by atomic mass is 9.87. The molecule has 0 amide bonds. The summed E-state index contributed by atoms with van der Waals surface area (Å²) >= 11 is 1.81. The van der Waals surface area contributed by atoms with Gasteiger partial charge in [0.1, 0.15) is 5.75 Å². The van der Waals surface area contributed by atoms with Crippen molar-refractivity contribution in [3.63, 3.8) is 0 Å². The zero-order valence-corrected chi connectivity index (χ0v) is 12.0. The summed E-state index contributed by atoms with van der Waals surface area (Å²) in [4.78, 5) is 1.42. The topological polar surface area (TPSA) is 35.2 Å². The molecule has 2 N–H and O–H groups in total. The van der Waals surface area contributed by atoms with E-state index >= 15 is 0 Å². The Morgan fingerprint density at radius 3 is 3.00 bits per heavy atom. The molecule has 100 valence electrons. The first-order chi connectivity index (χ1) is 9.21. The van der Waals surface area contributed by atoms with E-state index in [-0.39, 0.29) is 5.54 Å². The van der Waals surface area contributed by atoms with Crippen molar-refractivity contribution in [2.45, 2.75) is 31.2 Å². The molecule has 1 unspecified atom stereocenters. The monoisotopic (exact) mass is 273 g/mol. The average molecular weight is 273 g/mol. The minimum atomic E-state index is -0.187. The second-order valence-corrected chi connectivity index (χ2v) is 6.29. The fraction of sp³-hybridized carbons (Fsp3) is 0.375. The largest absolute Gasteiger partial charge is 0.497 e. The van der Waals surface area contributed by atoms with Crippen molar-refractivity contribution in [3.05, 3.63) is 51.7 Å². The van der Waals surface area contributed by atoms with Gasteiger partial charge >= 0.3 is 0 Å². The third kappa shape index (κ3) is 2.40. The van der Waals surface area contributed by atoms with Crippen LogP contribution in [0.3, 0.4) is 0 Å². The summed E-state index contributed by atoms with van der Waals surface area (Å²) in [6.45, 7) is 0. The molecular formula is C16H19NOS. The van der Waals surface area contributed by atoms with E-state index in [9.17, 15) is 0 Å². The molecule has 1 aromatic carbocycles. The number of hydrogen-bond donors (Lipinski definition) is 1. The van der Waals surface area contributed by atoms with Gasteiger partial charge in [0.25, 0.3) is 0 Å². The van der Waals surface area contributed by atoms with Crippen LogP contribution in [-0.4, -0.2) is 7.11 Å². The average Bonchev–Trinajstić information content (AvgIpc) is 3.05. The molecule has 0 spiro atoms. The predicted octanol–water partition coefficient (Wildman–Crippen LogP) is 3.49. The summed E-state index contributed by atoms with van der Waals surface area (Å²) in [6, 6.07) is 10.6. The molecule has 0 fully saturated rings. The molecule has 1 aliphatic rings. The van der Waals surface area contributed by atoms with E-state index in [1.807, 2.05) is 17.4 Å². The summed E-state index contributed by atoms with van der Waals surface area (Å²) in [5.41, 5.74) is 9.14. The van der Waals surface area contributed by atoms with Gasteiger partial charge in [0.2, 0.25) is 0 Å². The summed E-state index contributed by atoms with van der Waals surface area (Å²) in [5.74, 6) is 0.909. The highest BCUT2D eigenvalue weighted by molar-refractivity contribution is 7.09. The number of aryl methyl sites for hydroxylation is 2. The second kappa shape index (κ2) is 4.99. The molecule has 3 heteroatoms. The van der Waals surface area contributed by atoms with Crippen LogP contribution in [0.4, 0.5) is 0 Å². The van der Waals surface area contributed by atoms with Crippen LogP contribution in [0.1, 0.15) is 28.8 Å². The molecule has 2 nitrogen and oxygen atoms in total. The van der Waals surface area contributed by atoms with Crippen LogP contribution >= 0.6 is 11.3 Å². The first-order valence-electron chi connectivity index (χ1n) is 6.70.